The van der Waals surface area contributed by atoms with Gasteiger partial charge in [-0.05, 0) is 30.9 Å². The molecule has 0 spiro atoms. The minimum atomic E-state index is -0.125. The molecule has 0 fully saturated rings. The molecular formula is C17H19N3O2S. The molecule has 2 aromatic rings. The maximum absolute atomic E-state index is 12.6. The number of hydrogen-bond acceptors (Lipinski definition) is 5. The number of nitrogens with one attached hydrogen (secondary N) is 1. The van der Waals surface area contributed by atoms with Crippen LogP contribution in [0, 0.1) is 0 Å². The fourth-order valence-corrected chi connectivity index (χ4v) is 3.74. The Bertz CT molecular complexity index is 741. The van der Waals surface area contributed by atoms with Crippen molar-refractivity contribution in [3.63, 3.8) is 0 Å². The van der Waals surface area contributed by atoms with Gasteiger partial charge in [-0.1, -0.05) is 24.3 Å². The molecule has 0 bridgehead atoms. The predicted molar refractivity (Wildman–Crippen MR) is 91.0 cm³/mol. The van der Waals surface area contributed by atoms with Gasteiger partial charge in [-0.3, -0.25) is 9.59 Å². The van der Waals surface area contributed by atoms with Crippen LogP contribution in [0.5, 0.6) is 0 Å². The van der Waals surface area contributed by atoms with Crippen LogP contribution in [-0.4, -0.2) is 30.3 Å². The summed E-state index contributed by atoms with van der Waals surface area (Å²) in [5, 5.41) is 3.11. The molecule has 6 heteroatoms. The normalized spacial score (nSPS) is 16.0. The van der Waals surface area contributed by atoms with Crippen molar-refractivity contribution < 1.29 is 9.59 Å². The summed E-state index contributed by atoms with van der Waals surface area (Å²) < 4.78 is 0. The van der Waals surface area contributed by atoms with E-state index in [1.165, 1.54) is 29.4 Å². The van der Waals surface area contributed by atoms with Crippen LogP contribution in [0.4, 0.5) is 5.82 Å². The average molecular weight is 329 g/mol. The van der Waals surface area contributed by atoms with E-state index in [-0.39, 0.29) is 24.3 Å². The summed E-state index contributed by atoms with van der Waals surface area (Å²) in [6.07, 6.45) is 1.91. The minimum absolute atomic E-state index is 0.0385. The van der Waals surface area contributed by atoms with Crippen LogP contribution >= 0.6 is 11.3 Å². The Morgan fingerprint density at radius 1 is 1.39 bits per heavy atom. The van der Waals surface area contributed by atoms with Crippen LogP contribution in [0.2, 0.25) is 0 Å². The van der Waals surface area contributed by atoms with E-state index in [4.69, 9.17) is 0 Å². The van der Waals surface area contributed by atoms with E-state index in [0.717, 1.165) is 12.8 Å². The molecular weight excluding hydrogens is 310 g/mol. The zero-order chi connectivity index (χ0) is 16.4. The molecule has 3 rings (SSSR count). The van der Waals surface area contributed by atoms with Crippen molar-refractivity contribution in [2.75, 3.05) is 18.5 Å². The van der Waals surface area contributed by atoms with E-state index in [9.17, 15) is 9.59 Å². The summed E-state index contributed by atoms with van der Waals surface area (Å²) in [6, 6.07) is 8.26. The molecule has 1 atom stereocenters. The van der Waals surface area contributed by atoms with Crippen LogP contribution in [-0.2, 0) is 11.2 Å². The SMILES string of the molecule is CC(=O)CN(C)c1ncsc1C(=O)NC1CCc2ccccc21. The summed E-state index contributed by atoms with van der Waals surface area (Å²) in [6.45, 7) is 1.77. The molecule has 0 saturated carbocycles. The highest BCUT2D eigenvalue weighted by Gasteiger charge is 2.26. The summed E-state index contributed by atoms with van der Waals surface area (Å²) in [5.41, 5.74) is 4.14. The first-order chi connectivity index (χ1) is 11.1. The number of ketones is 1. The van der Waals surface area contributed by atoms with Crippen molar-refractivity contribution in [3.8, 4) is 0 Å². The van der Waals surface area contributed by atoms with Crippen molar-refractivity contribution in [2.45, 2.75) is 25.8 Å². The number of aromatic nitrogens is 1. The molecule has 1 amide bonds. The Morgan fingerprint density at radius 2 is 2.17 bits per heavy atom. The number of amides is 1. The highest BCUT2D eigenvalue weighted by molar-refractivity contribution is 7.12. The lowest BCUT2D eigenvalue weighted by atomic mass is 10.1. The van der Waals surface area contributed by atoms with Crippen molar-refractivity contribution in [1.29, 1.82) is 0 Å². The Kier molecular flexibility index (Phi) is 4.43. The molecule has 1 aromatic heterocycles. The molecule has 1 N–H and O–H groups in total. The van der Waals surface area contributed by atoms with Crippen LogP contribution in [0.15, 0.2) is 29.8 Å². The second-order valence-electron chi connectivity index (χ2n) is 5.83. The topological polar surface area (TPSA) is 62.3 Å². The van der Waals surface area contributed by atoms with Gasteiger partial charge in [0.15, 0.2) is 5.82 Å². The number of nitrogens with zero attached hydrogens (tertiary/aromatic N) is 2. The Labute approximate surface area is 139 Å². The third-order valence-electron chi connectivity index (χ3n) is 4.01. The summed E-state index contributed by atoms with van der Waals surface area (Å²) in [5.74, 6) is 0.477. The zero-order valence-corrected chi connectivity index (χ0v) is 14.0. The molecule has 1 aliphatic carbocycles. The molecule has 1 heterocycles. The Hall–Kier alpha value is -2.21. The van der Waals surface area contributed by atoms with Crippen molar-refractivity contribution >= 4 is 28.8 Å². The first-order valence-electron chi connectivity index (χ1n) is 7.59. The Morgan fingerprint density at radius 3 is 2.96 bits per heavy atom. The van der Waals surface area contributed by atoms with Gasteiger partial charge in [-0.25, -0.2) is 4.98 Å². The second-order valence-corrected chi connectivity index (χ2v) is 6.68. The van der Waals surface area contributed by atoms with Gasteiger partial charge in [0.05, 0.1) is 18.1 Å². The van der Waals surface area contributed by atoms with Gasteiger partial charge < -0.3 is 10.2 Å². The minimum Gasteiger partial charge on any atom is -0.351 e. The van der Waals surface area contributed by atoms with E-state index < -0.39 is 0 Å². The highest BCUT2D eigenvalue weighted by atomic mass is 32.1. The standard InChI is InChI=1S/C17H19N3O2S/c1-11(21)9-20(2)16-15(23-10-18-16)17(22)19-14-8-7-12-5-3-4-6-13(12)14/h3-6,10,14H,7-9H2,1-2H3,(H,19,22). The average Bonchev–Trinajstić information content (AvgIpc) is 3.14. The number of carbonyl (C=O) groups excluding carboxylic acids is 2. The molecule has 1 aliphatic rings. The van der Waals surface area contributed by atoms with Gasteiger partial charge in [-0.2, -0.15) is 0 Å². The number of aryl methyl sites for hydroxylation is 1. The molecule has 1 unspecified atom stereocenters. The molecule has 1 aromatic carbocycles. The quantitative estimate of drug-likeness (QED) is 0.916. The number of Topliss-reactive ketones (excluding diaryl/α,β-unsaturated/α-hetero) is 1. The lowest BCUT2D eigenvalue weighted by molar-refractivity contribution is -0.115. The molecule has 0 saturated heterocycles. The largest absolute Gasteiger partial charge is 0.351 e. The summed E-state index contributed by atoms with van der Waals surface area (Å²) >= 11 is 1.30. The van der Waals surface area contributed by atoms with Gasteiger partial charge >= 0.3 is 0 Å². The van der Waals surface area contributed by atoms with Crippen LogP contribution in [0.25, 0.3) is 0 Å². The lowest BCUT2D eigenvalue weighted by Gasteiger charge is -2.18. The lowest BCUT2D eigenvalue weighted by Crippen LogP contribution is -2.30. The number of fused-ring (bicyclic) bond motifs is 1. The van der Waals surface area contributed by atoms with Crippen LogP contribution in [0.1, 0.15) is 40.2 Å². The van der Waals surface area contributed by atoms with Gasteiger partial charge in [0, 0.05) is 7.05 Å². The van der Waals surface area contributed by atoms with Gasteiger partial charge in [0.2, 0.25) is 0 Å². The number of rotatable bonds is 5. The molecule has 5 nitrogen and oxygen atoms in total. The third-order valence-corrected chi connectivity index (χ3v) is 4.83. The molecule has 0 aliphatic heterocycles. The van der Waals surface area contributed by atoms with Crippen molar-refractivity contribution in [1.82, 2.24) is 10.3 Å². The van der Waals surface area contributed by atoms with E-state index in [1.54, 1.807) is 17.5 Å². The highest BCUT2D eigenvalue weighted by Crippen LogP contribution is 2.31. The number of carbonyl (C=O) groups is 2. The van der Waals surface area contributed by atoms with Crippen molar-refractivity contribution in [2.24, 2.45) is 0 Å². The second kappa shape index (κ2) is 6.50. The van der Waals surface area contributed by atoms with Crippen LogP contribution < -0.4 is 10.2 Å². The maximum atomic E-state index is 12.6. The first kappa shape index (κ1) is 15.7. The van der Waals surface area contributed by atoms with Gasteiger partial charge in [0.25, 0.3) is 5.91 Å². The number of hydrogen-bond donors (Lipinski definition) is 1. The zero-order valence-electron chi connectivity index (χ0n) is 13.2. The number of benzene rings is 1. The fraction of sp³-hybridized carbons (Fsp3) is 0.353. The molecule has 120 valence electrons. The first-order valence-corrected chi connectivity index (χ1v) is 8.47. The predicted octanol–water partition coefficient (Wildman–Crippen LogP) is 2.59. The number of thiazole rings is 1. The van der Waals surface area contributed by atoms with Crippen molar-refractivity contribution in [3.05, 3.63) is 45.8 Å². The Balaban J connectivity index is 1.75. The fourth-order valence-electron chi connectivity index (χ4n) is 3.01. The number of likely N-dealkylation sites (N-methyl/N-ethyl adjacent to an activating group) is 1. The van der Waals surface area contributed by atoms with Gasteiger partial charge in [-0.15, -0.1) is 11.3 Å². The van der Waals surface area contributed by atoms with Crippen LogP contribution in [0.3, 0.4) is 0 Å². The molecule has 0 radical (unpaired) electrons. The number of anilines is 1. The van der Waals surface area contributed by atoms with E-state index in [1.807, 2.05) is 12.1 Å². The smallest absolute Gasteiger partial charge is 0.265 e. The monoisotopic (exact) mass is 329 g/mol. The van der Waals surface area contributed by atoms with Gasteiger partial charge in [0.1, 0.15) is 10.7 Å². The van der Waals surface area contributed by atoms with E-state index in [2.05, 4.69) is 22.4 Å². The third kappa shape index (κ3) is 3.27. The maximum Gasteiger partial charge on any atom is 0.265 e. The summed E-state index contributed by atoms with van der Waals surface area (Å²) in [7, 11) is 1.78. The molecule has 23 heavy (non-hydrogen) atoms. The van der Waals surface area contributed by atoms with E-state index >= 15 is 0 Å². The summed E-state index contributed by atoms with van der Waals surface area (Å²) in [4.78, 5) is 30.4. The van der Waals surface area contributed by atoms with E-state index in [0.29, 0.717) is 10.7 Å².